The number of hydrogen-bond donors (Lipinski definition) is 0. The molecule has 62 valence electrons. The highest BCUT2D eigenvalue weighted by Crippen LogP contribution is 2.14. The Morgan fingerprint density at radius 1 is 1.50 bits per heavy atom. The molecule has 1 aliphatic rings. The van der Waals surface area contributed by atoms with E-state index in [4.69, 9.17) is 0 Å². The van der Waals surface area contributed by atoms with E-state index in [-0.39, 0.29) is 0 Å². The quantitative estimate of drug-likeness (QED) is 0.628. The van der Waals surface area contributed by atoms with Crippen LogP contribution in [0.3, 0.4) is 0 Å². The molecule has 12 heavy (non-hydrogen) atoms. The monoisotopic (exact) mass is 160 g/mol. The summed E-state index contributed by atoms with van der Waals surface area (Å²) >= 11 is 0. The summed E-state index contributed by atoms with van der Waals surface area (Å²) in [6.45, 7) is 2.11. The molecular weight excluding hydrogens is 148 g/mol. The van der Waals surface area contributed by atoms with Crippen molar-refractivity contribution < 1.29 is 0 Å². The molecule has 0 aromatic carbocycles. The third-order valence-corrected chi connectivity index (χ3v) is 2.11. The van der Waals surface area contributed by atoms with Crippen molar-refractivity contribution in [2.24, 2.45) is 0 Å². The van der Waals surface area contributed by atoms with E-state index in [2.05, 4.69) is 29.0 Å². The summed E-state index contributed by atoms with van der Waals surface area (Å²) in [5, 5.41) is 0. The minimum atomic E-state index is 0.976. The van der Waals surface area contributed by atoms with Crippen molar-refractivity contribution in [2.75, 3.05) is 0 Å². The Kier molecular flexibility index (Phi) is 1.90. The molecule has 0 N–H and O–H groups in total. The third kappa shape index (κ3) is 1.24. The first-order chi connectivity index (χ1) is 5.90. The first kappa shape index (κ1) is 7.47. The summed E-state index contributed by atoms with van der Waals surface area (Å²) in [7, 11) is 0. The van der Waals surface area contributed by atoms with E-state index >= 15 is 0 Å². The molecular formula is C10H12N2. The SMILES string of the molecule is CCc1cnc2c(n1)CCC=C2. The first-order valence-electron chi connectivity index (χ1n) is 4.41. The summed E-state index contributed by atoms with van der Waals surface area (Å²) in [5.41, 5.74) is 3.32. The van der Waals surface area contributed by atoms with Gasteiger partial charge in [-0.2, -0.15) is 0 Å². The van der Waals surface area contributed by atoms with Crippen LogP contribution >= 0.6 is 0 Å². The van der Waals surface area contributed by atoms with Crippen molar-refractivity contribution in [1.29, 1.82) is 0 Å². The van der Waals surface area contributed by atoms with Gasteiger partial charge in [-0.05, 0) is 25.3 Å². The van der Waals surface area contributed by atoms with Crippen molar-refractivity contribution in [1.82, 2.24) is 9.97 Å². The van der Waals surface area contributed by atoms with E-state index in [9.17, 15) is 0 Å². The predicted molar refractivity (Wildman–Crippen MR) is 48.8 cm³/mol. The van der Waals surface area contributed by atoms with Crippen molar-refractivity contribution >= 4 is 6.08 Å². The molecule has 0 amide bonds. The number of aryl methyl sites for hydroxylation is 2. The van der Waals surface area contributed by atoms with Crippen LogP contribution in [0.1, 0.15) is 30.4 Å². The van der Waals surface area contributed by atoms with Crippen LogP contribution in [0, 0.1) is 0 Å². The Bertz CT molecular complexity index is 316. The predicted octanol–water partition coefficient (Wildman–Crippen LogP) is 2.00. The number of fused-ring (bicyclic) bond motifs is 1. The van der Waals surface area contributed by atoms with Gasteiger partial charge in [0, 0.05) is 6.20 Å². The Morgan fingerprint density at radius 2 is 2.42 bits per heavy atom. The summed E-state index contributed by atoms with van der Waals surface area (Å²) in [6.07, 6.45) is 9.22. The van der Waals surface area contributed by atoms with E-state index in [1.165, 1.54) is 0 Å². The van der Waals surface area contributed by atoms with Gasteiger partial charge in [-0.25, -0.2) is 0 Å². The normalized spacial score (nSPS) is 14.4. The third-order valence-electron chi connectivity index (χ3n) is 2.11. The van der Waals surface area contributed by atoms with E-state index in [1.54, 1.807) is 0 Å². The lowest BCUT2D eigenvalue weighted by molar-refractivity contribution is 0.864. The molecule has 0 saturated heterocycles. The number of allylic oxidation sites excluding steroid dienone is 1. The molecule has 0 aliphatic heterocycles. The van der Waals surface area contributed by atoms with Crippen molar-refractivity contribution in [3.05, 3.63) is 29.4 Å². The Morgan fingerprint density at radius 3 is 3.25 bits per heavy atom. The maximum atomic E-state index is 4.52. The van der Waals surface area contributed by atoms with E-state index in [1.807, 2.05) is 6.20 Å². The number of rotatable bonds is 1. The second-order valence-electron chi connectivity index (χ2n) is 2.99. The van der Waals surface area contributed by atoms with Gasteiger partial charge < -0.3 is 0 Å². The average molecular weight is 160 g/mol. The van der Waals surface area contributed by atoms with E-state index in [0.717, 1.165) is 36.3 Å². The van der Waals surface area contributed by atoms with Crippen molar-refractivity contribution in [2.45, 2.75) is 26.2 Å². The maximum Gasteiger partial charge on any atom is 0.0842 e. The Hall–Kier alpha value is -1.18. The number of aromatic nitrogens is 2. The highest BCUT2D eigenvalue weighted by atomic mass is 14.8. The van der Waals surface area contributed by atoms with Crippen LogP contribution in [0.4, 0.5) is 0 Å². The molecule has 1 aliphatic carbocycles. The molecule has 1 heterocycles. The zero-order valence-corrected chi connectivity index (χ0v) is 7.25. The lowest BCUT2D eigenvalue weighted by Gasteiger charge is -2.08. The fraction of sp³-hybridized carbons (Fsp3) is 0.400. The van der Waals surface area contributed by atoms with Gasteiger partial charge in [0.1, 0.15) is 0 Å². The molecule has 1 aromatic heterocycles. The summed E-state index contributed by atoms with van der Waals surface area (Å²) in [6, 6.07) is 0. The van der Waals surface area contributed by atoms with Crippen LogP contribution in [0.2, 0.25) is 0 Å². The lowest BCUT2D eigenvalue weighted by atomic mass is 10.1. The molecule has 2 heteroatoms. The van der Waals surface area contributed by atoms with Crippen LogP contribution in [0.15, 0.2) is 12.3 Å². The molecule has 0 atom stereocenters. The van der Waals surface area contributed by atoms with E-state index in [0.29, 0.717) is 0 Å². The van der Waals surface area contributed by atoms with Gasteiger partial charge >= 0.3 is 0 Å². The molecule has 2 nitrogen and oxygen atoms in total. The van der Waals surface area contributed by atoms with Crippen LogP contribution in [-0.2, 0) is 12.8 Å². The molecule has 0 fully saturated rings. The smallest absolute Gasteiger partial charge is 0.0842 e. The molecule has 0 unspecified atom stereocenters. The minimum absolute atomic E-state index is 0.976. The van der Waals surface area contributed by atoms with Gasteiger partial charge in [-0.3, -0.25) is 9.97 Å². The minimum Gasteiger partial charge on any atom is -0.254 e. The zero-order chi connectivity index (χ0) is 8.39. The van der Waals surface area contributed by atoms with Crippen LogP contribution in [0.25, 0.3) is 6.08 Å². The largest absolute Gasteiger partial charge is 0.254 e. The molecule has 0 saturated carbocycles. The average Bonchev–Trinajstić information content (AvgIpc) is 2.17. The van der Waals surface area contributed by atoms with Crippen LogP contribution < -0.4 is 0 Å². The highest BCUT2D eigenvalue weighted by Gasteiger charge is 2.06. The van der Waals surface area contributed by atoms with Gasteiger partial charge in [-0.15, -0.1) is 0 Å². The Labute approximate surface area is 72.4 Å². The van der Waals surface area contributed by atoms with Gasteiger partial charge in [0.05, 0.1) is 17.1 Å². The van der Waals surface area contributed by atoms with E-state index < -0.39 is 0 Å². The number of hydrogen-bond acceptors (Lipinski definition) is 2. The number of nitrogens with zero attached hydrogens (tertiary/aromatic N) is 2. The summed E-state index contributed by atoms with van der Waals surface area (Å²) < 4.78 is 0. The zero-order valence-electron chi connectivity index (χ0n) is 7.25. The fourth-order valence-corrected chi connectivity index (χ4v) is 1.39. The second kappa shape index (κ2) is 3.05. The molecule has 2 rings (SSSR count). The lowest BCUT2D eigenvalue weighted by Crippen LogP contribution is -2.03. The standard InChI is InChI=1S/C10H12N2/c1-2-8-7-11-9-5-3-4-6-10(9)12-8/h3,5,7H,2,4,6H2,1H3. The molecule has 1 aromatic rings. The molecule has 0 radical (unpaired) electrons. The van der Waals surface area contributed by atoms with Crippen LogP contribution in [-0.4, -0.2) is 9.97 Å². The molecule has 0 spiro atoms. The van der Waals surface area contributed by atoms with Crippen molar-refractivity contribution in [3.63, 3.8) is 0 Å². The first-order valence-corrected chi connectivity index (χ1v) is 4.41. The summed E-state index contributed by atoms with van der Waals surface area (Å²) in [4.78, 5) is 8.86. The van der Waals surface area contributed by atoms with Crippen molar-refractivity contribution in [3.8, 4) is 0 Å². The maximum absolute atomic E-state index is 4.52. The van der Waals surface area contributed by atoms with Gasteiger partial charge in [0.15, 0.2) is 0 Å². The topological polar surface area (TPSA) is 25.8 Å². The molecule has 0 bridgehead atoms. The second-order valence-corrected chi connectivity index (χ2v) is 2.99. The van der Waals surface area contributed by atoms with Crippen LogP contribution in [0.5, 0.6) is 0 Å². The van der Waals surface area contributed by atoms with Gasteiger partial charge in [0.25, 0.3) is 0 Å². The Balaban J connectivity index is 2.44. The summed E-state index contributed by atoms with van der Waals surface area (Å²) in [5.74, 6) is 0. The highest BCUT2D eigenvalue weighted by molar-refractivity contribution is 5.49. The van der Waals surface area contributed by atoms with Gasteiger partial charge in [-0.1, -0.05) is 13.0 Å². The fourth-order valence-electron chi connectivity index (χ4n) is 1.39. The van der Waals surface area contributed by atoms with Gasteiger partial charge in [0.2, 0.25) is 0 Å².